The summed E-state index contributed by atoms with van der Waals surface area (Å²) in [6.07, 6.45) is 1.56. The average Bonchev–Trinajstić information content (AvgIpc) is 3.27. The van der Waals surface area contributed by atoms with Crippen molar-refractivity contribution in [2.24, 2.45) is 4.99 Å². The van der Waals surface area contributed by atoms with Gasteiger partial charge < -0.3 is 9.84 Å². The predicted octanol–water partition coefficient (Wildman–Crippen LogP) is 1.35. The third-order valence-corrected chi connectivity index (χ3v) is 5.59. The molecule has 3 heterocycles. The van der Waals surface area contributed by atoms with Crippen LogP contribution in [0.15, 0.2) is 57.1 Å². The van der Waals surface area contributed by atoms with Gasteiger partial charge in [-0.3, -0.25) is 4.52 Å². The van der Waals surface area contributed by atoms with Crippen LogP contribution in [0.3, 0.4) is 0 Å². The Morgan fingerprint density at radius 2 is 2.03 bits per heavy atom. The number of hydrogen-bond acceptors (Lipinski definition) is 9. The van der Waals surface area contributed by atoms with E-state index in [1.54, 1.807) is 18.3 Å². The molecule has 1 fully saturated rings. The first-order chi connectivity index (χ1) is 15.1. The van der Waals surface area contributed by atoms with Crippen molar-refractivity contribution in [2.75, 3.05) is 37.1 Å². The lowest BCUT2D eigenvalue weighted by Gasteiger charge is -2.18. The number of thioether (sulfide) groups is 1. The first kappa shape index (κ1) is 20.8. The number of ether oxygens (including phenoxy) is 1. The fourth-order valence-corrected chi connectivity index (χ4v) is 3.73. The minimum Gasteiger partial charge on any atom is -0.861 e. The highest BCUT2D eigenvalue weighted by molar-refractivity contribution is 7.99. The number of hydrogen-bond donors (Lipinski definition) is 0. The molecule has 158 valence electrons. The molecule has 31 heavy (non-hydrogen) atoms. The van der Waals surface area contributed by atoms with E-state index in [1.807, 2.05) is 36.2 Å². The first-order valence-corrected chi connectivity index (χ1v) is 10.7. The van der Waals surface area contributed by atoms with Gasteiger partial charge in [0, 0.05) is 11.3 Å². The highest BCUT2D eigenvalue weighted by atomic mass is 32.2. The molecule has 1 aliphatic rings. The highest BCUT2D eigenvalue weighted by Gasteiger charge is 2.22. The molecular weight excluding hydrogens is 416 g/mol. The molecule has 0 bridgehead atoms. The maximum absolute atomic E-state index is 12.3. The number of morpholine rings is 1. The van der Waals surface area contributed by atoms with Crippen molar-refractivity contribution in [2.45, 2.75) is 11.9 Å². The van der Waals surface area contributed by atoms with Crippen molar-refractivity contribution in [3.63, 3.8) is 0 Å². The number of aryl methyl sites for hydroxylation is 1. The van der Waals surface area contributed by atoms with Gasteiger partial charge in [0.25, 0.3) is 6.20 Å². The molecule has 1 saturated heterocycles. The third kappa shape index (κ3) is 5.20. The fourth-order valence-electron chi connectivity index (χ4n) is 2.98. The van der Waals surface area contributed by atoms with Crippen LogP contribution in [0.1, 0.15) is 11.1 Å². The molecule has 0 amide bonds. The zero-order valence-corrected chi connectivity index (χ0v) is 17.7. The molecule has 0 spiro atoms. The number of aromatic nitrogens is 3. The predicted molar refractivity (Wildman–Crippen MR) is 112 cm³/mol. The summed E-state index contributed by atoms with van der Waals surface area (Å²) < 4.78 is 10.4. The van der Waals surface area contributed by atoms with Crippen LogP contribution in [0.4, 0.5) is 5.88 Å². The molecule has 2 aromatic heterocycles. The van der Waals surface area contributed by atoms with E-state index in [9.17, 15) is 10.4 Å². The molecule has 0 atom stereocenters. The van der Waals surface area contributed by atoms with Gasteiger partial charge in [-0.25, -0.2) is 9.98 Å². The van der Waals surface area contributed by atoms with Crippen molar-refractivity contribution in [3.8, 4) is 17.3 Å². The molecule has 9 nitrogen and oxygen atoms in total. The largest absolute Gasteiger partial charge is 0.861 e. The van der Waals surface area contributed by atoms with Crippen molar-refractivity contribution < 1.29 is 19.2 Å². The van der Waals surface area contributed by atoms with Gasteiger partial charge in [0.05, 0.1) is 42.4 Å². The van der Waals surface area contributed by atoms with E-state index in [0.29, 0.717) is 36.9 Å². The Kier molecular flexibility index (Phi) is 6.45. The SMILES string of the molecule is Cc1ccc(-c2ccc(C#N)c(SC/C([O-])=N/c3c[n+](N4CCOCC4)no3)n2)cc1. The third-order valence-electron chi connectivity index (χ3n) is 4.62. The summed E-state index contributed by atoms with van der Waals surface area (Å²) in [4.78, 5) is 10.1. The van der Waals surface area contributed by atoms with Crippen LogP contribution in [0.25, 0.3) is 11.3 Å². The molecule has 3 aromatic rings. The molecule has 1 aromatic carbocycles. The van der Waals surface area contributed by atoms with Crippen LogP contribution in [0.2, 0.25) is 0 Å². The standard InChI is InChI=1S/C21H20N6O3S/c1-15-2-4-16(5-3-15)18-7-6-17(12-22)21(23-18)31-14-19(28)24-20-13-27(25-30-20)26-8-10-29-11-9-26/h2-7,13H,8-11,14H2,1H3. The van der Waals surface area contributed by atoms with Crippen molar-refractivity contribution in [3.05, 3.63) is 53.7 Å². The number of nitriles is 1. The van der Waals surface area contributed by atoms with Gasteiger partial charge >= 0.3 is 5.88 Å². The monoisotopic (exact) mass is 436 g/mol. The minimum absolute atomic E-state index is 0.0251. The molecule has 4 rings (SSSR count). The molecule has 0 saturated carbocycles. The lowest BCUT2D eigenvalue weighted by Crippen LogP contribution is -2.62. The van der Waals surface area contributed by atoms with Gasteiger partial charge in [-0.05, 0) is 25.0 Å². The number of benzene rings is 1. The zero-order chi connectivity index (χ0) is 21.6. The fraction of sp³-hybridized carbons (Fsp3) is 0.286. The van der Waals surface area contributed by atoms with Crippen molar-refractivity contribution >= 4 is 23.5 Å². The van der Waals surface area contributed by atoms with Gasteiger partial charge in [0.2, 0.25) is 5.27 Å². The quantitative estimate of drug-likeness (QED) is 0.246. The van der Waals surface area contributed by atoms with Gasteiger partial charge in [0.15, 0.2) is 0 Å². The second-order valence-electron chi connectivity index (χ2n) is 6.85. The maximum atomic E-state index is 12.3. The molecule has 1 aliphatic heterocycles. The smallest absolute Gasteiger partial charge is 0.324 e. The molecular formula is C21H20N6O3S. The minimum atomic E-state index is -0.401. The zero-order valence-electron chi connectivity index (χ0n) is 16.9. The van der Waals surface area contributed by atoms with Gasteiger partial charge in [-0.2, -0.15) is 5.26 Å². The van der Waals surface area contributed by atoms with Crippen LogP contribution in [-0.4, -0.2) is 48.2 Å². The topological polar surface area (TPSA) is 114 Å². The summed E-state index contributed by atoms with van der Waals surface area (Å²) in [6.45, 7) is 4.60. The van der Waals surface area contributed by atoms with E-state index >= 15 is 0 Å². The van der Waals surface area contributed by atoms with Crippen LogP contribution in [-0.2, 0) is 4.74 Å². The van der Waals surface area contributed by atoms with E-state index < -0.39 is 5.90 Å². The second kappa shape index (κ2) is 9.59. The van der Waals surface area contributed by atoms with Crippen LogP contribution in [0.5, 0.6) is 0 Å². The van der Waals surface area contributed by atoms with E-state index in [1.165, 1.54) is 16.6 Å². The van der Waals surface area contributed by atoms with Crippen LogP contribution >= 0.6 is 11.8 Å². The van der Waals surface area contributed by atoms with Gasteiger partial charge in [0.1, 0.15) is 11.1 Å². The Labute approximate surface area is 183 Å². The molecule has 10 heteroatoms. The molecule has 0 radical (unpaired) electrons. The Morgan fingerprint density at radius 3 is 2.77 bits per heavy atom. The maximum Gasteiger partial charge on any atom is 0.324 e. The van der Waals surface area contributed by atoms with E-state index in [2.05, 4.69) is 21.3 Å². The summed E-state index contributed by atoms with van der Waals surface area (Å²) in [5.41, 5.74) is 3.26. The van der Waals surface area contributed by atoms with E-state index in [-0.39, 0.29) is 11.6 Å². The number of pyridine rings is 1. The van der Waals surface area contributed by atoms with Gasteiger partial charge in [-0.1, -0.05) is 41.6 Å². The van der Waals surface area contributed by atoms with E-state index in [0.717, 1.165) is 16.8 Å². The normalized spacial score (nSPS) is 14.5. The number of rotatable bonds is 6. The van der Waals surface area contributed by atoms with Gasteiger partial charge in [-0.15, -0.1) is 5.01 Å². The summed E-state index contributed by atoms with van der Waals surface area (Å²) >= 11 is 1.17. The van der Waals surface area contributed by atoms with Crippen LogP contribution < -0.4 is 14.9 Å². The lowest BCUT2D eigenvalue weighted by molar-refractivity contribution is -0.759. The lowest BCUT2D eigenvalue weighted by atomic mass is 10.1. The Hall–Kier alpha value is -3.42. The Morgan fingerprint density at radius 1 is 1.26 bits per heavy atom. The summed E-state index contributed by atoms with van der Waals surface area (Å²) in [7, 11) is 0. The highest BCUT2D eigenvalue weighted by Crippen LogP contribution is 2.25. The summed E-state index contributed by atoms with van der Waals surface area (Å²) in [5, 5.41) is 28.0. The second-order valence-corrected chi connectivity index (χ2v) is 7.81. The van der Waals surface area contributed by atoms with Crippen molar-refractivity contribution in [1.29, 1.82) is 5.26 Å². The number of nitrogens with zero attached hydrogens (tertiary/aromatic N) is 6. The van der Waals surface area contributed by atoms with E-state index in [4.69, 9.17) is 9.26 Å². The summed E-state index contributed by atoms with van der Waals surface area (Å²) in [6, 6.07) is 13.6. The summed E-state index contributed by atoms with van der Waals surface area (Å²) in [5.74, 6) is -0.252. The number of aliphatic imine (C=N–C) groups is 1. The van der Waals surface area contributed by atoms with Crippen LogP contribution in [0, 0.1) is 18.3 Å². The average molecular weight is 436 g/mol. The molecule has 0 aliphatic carbocycles. The molecule has 0 N–H and O–H groups in total. The Bertz CT molecular complexity index is 1120. The Balaban J connectivity index is 1.45. The molecule has 0 unspecified atom stereocenters. The first-order valence-electron chi connectivity index (χ1n) is 9.69. The van der Waals surface area contributed by atoms with Crippen molar-refractivity contribution in [1.82, 2.24) is 10.3 Å².